The summed E-state index contributed by atoms with van der Waals surface area (Å²) < 4.78 is 32.5. The number of imide groups is 1. The molecule has 0 bridgehead atoms. The van der Waals surface area contributed by atoms with Gasteiger partial charge in [0.2, 0.25) is 11.8 Å². The Kier molecular flexibility index (Phi) is 7.79. The van der Waals surface area contributed by atoms with Crippen LogP contribution in [0, 0.1) is 11.8 Å². The molecule has 2 saturated heterocycles. The predicted molar refractivity (Wildman–Crippen MR) is 106 cm³/mol. The highest BCUT2D eigenvalue weighted by molar-refractivity contribution is 6.22. The van der Waals surface area contributed by atoms with Crippen LogP contribution in [0.1, 0.15) is 20.8 Å². The van der Waals surface area contributed by atoms with E-state index in [1.165, 1.54) is 20.1 Å². The van der Waals surface area contributed by atoms with Crippen molar-refractivity contribution < 1.29 is 57.2 Å². The van der Waals surface area contributed by atoms with Crippen LogP contribution in [-0.2, 0) is 57.2 Å². The Balaban J connectivity index is 1.87. The molecule has 0 spiro atoms. The monoisotopic (exact) mass is 483 g/mol. The van der Waals surface area contributed by atoms with E-state index in [4.69, 9.17) is 28.4 Å². The Morgan fingerprint density at radius 2 is 1.59 bits per heavy atom. The summed E-state index contributed by atoms with van der Waals surface area (Å²) in [7, 11) is 1.28. The van der Waals surface area contributed by atoms with E-state index in [9.17, 15) is 28.8 Å². The quantitative estimate of drug-likeness (QED) is 0.185. The van der Waals surface area contributed by atoms with Gasteiger partial charge in [0.15, 0.2) is 24.3 Å². The number of fused-ring (bicyclic) bond motifs is 1. The average Bonchev–Trinajstić information content (AvgIpc) is 3.22. The molecule has 186 valence electrons. The fraction of sp³-hybridized carbons (Fsp3) is 0.619. The van der Waals surface area contributed by atoms with Crippen molar-refractivity contribution in [2.45, 2.75) is 51.5 Å². The third-order valence-electron chi connectivity index (χ3n) is 5.48. The van der Waals surface area contributed by atoms with Gasteiger partial charge in [0.1, 0.15) is 24.7 Å². The van der Waals surface area contributed by atoms with Gasteiger partial charge in [-0.2, -0.15) is 0 Å². The number of hydrogen-bond acceptors (Lipinski definition) is 12. The molecular weight excluding hydrogens is 458 g/mol. The molecule has 2 unspecified atom stereocenters. The molecule has 2 fully saturated rings. The molecule has 0 aromatic carbocycles. The molecule has 7 atom stereocenters. The molecule has 3 aliphatic rings. The van der Waals surface area contributed by atoms with Crippen LogP contribution in [0.3, 0.4) is 0 Å². The van der Waals surface area contributed by atoms with Gasteiger partial charge in [0.05, 0.1) is 12.5 Å². The maximum absolute atomic E-state index is 12.7. The topological polar surface area (TPSA) is 170 Å². The lowest BCUT2D eigenvalue weighted by Crippen LogP contribution is -2.62. The number of carbonyl (C=O) groups excluding carboxylic acids is 6. The molecular formula is C21H25NO12. The molecule has 13 heteroatoms. The zero-order valence-electron chi connectivity index (χ0n) is 18.9. The van der Waals surface area contributed by atoms with Gasteiger partial charge in [0, 0.05) is 33.5 Å². The minimum absolute atomic E-state index is 0.0679. The average molecular weight is 483 g/mol. The Labute approximate surface area is 194 Å². The normalized spacial score (nSPS) is 32.5. The van der Waals surface area contributed by atoms with Crippen molar-refractivity contribution >= 4 is 35.5 Å². The van der Waals surface area contributed by atoms with E-state index >= 15 is 0 Å². The first kappa shape index (κ1) is 25.5. The van der Waals surface area contributed by atoms with Gasteiger partial charge in [-0.05, 0) is 0 Å². The second-order valence-corrected chi connectivity index (χ2v) is 7.92. The Morgan fingerprint density at radius 1 is 0.941 bits per heavy atom. The van der Waals surface area contributed by atoms with Gasteiger partial charge < -0.3 is 28.4 Å². The third kappa shape index (κ3) is 5.32. The number of hydrogen-bond donors (Lipinski definition) is 1. The lowest BCUT2D eigenvalue weighted by atomic mass is 9.97. The van der Waals surface area contributed by atoms with Gasteiger partial charge >= 0.3 is 17.9 Å². The number of esters is 3. The first-order valence-electron chi connectivity index (χ1n) is 10.4. The number of Topliss-reactive ketones (excluding diaryl/α,β-unsaturated/α-hetero) is 1. The van der Waals surface area contributed by atoms with E-state index in [-0.39, 0.29) is 18.8 Å². The first-order valence-corrected chi connectivity index (χ1v) is 10.4. The van der Waals surface area contributed by atoms with Crippen LogP contribution in [-0.4, -0.2) is 86.5 Å². The van der Waals surface area contributed by atoms with Crippen molar-refractivity contribution in [1.82, 2.24) is 5.32 Å². The van der Waals surface area contributed by atoms with Crippen LogP contribution in [0.15, 0.2) is 11.6 Å². The smallest absolute Gasteiger partial charge is 0.303 e. The van der Waals surface area contributed by atoms with Gasteiger partial charge in [0.25, 0.3) is 0 Å². The summed E-state index contributed by atoms with van der Waals surface area (Å²) in [6.45, 7) is 2.74. The summed E-state index contributed by atoms with van der Waals surface area (Å²) in [5.41, 5.74) is 0.0679. The molecule has 0 aromatic heterocycles. The molecule has 34 heavy (non-hydrogen) atoms. The Morgan fingerprint density at radius 3 is 2.15 bits per heavy atom. The summed E-state index contributed by atoms with van der Waals surface area (Å²) in [6, 6.07) is 0. The van der Waals surface area contributed by atoms with Gasteiger partial charge in [-0.15, -0.1) is 0 Å². The number of nitrogens with one attached hydrogen (secondary N) is 1. The van der Waals surface area contributed by atoms with Crippen LogP contribution in [0.5, 0.6) is 0 Å². The molecule has 2 amide bonds. The number of rotatable bonds is 8. The highest BCUT2D eigenvalue weighted by Crippen LogP contribution is 2.34. The van der Waals surface area contributed by atoms with E-state index in [0.717, 1.165) is 13.8 Å². The summed E-state index contributed by atoms with van der Waals surface area (Å²) >= 11 is 0. The highest BCUT2D eigenvalue weighted by atomic mass is 16.7. The van der Waals surface area contributed by atoms with Gasteiger partial charge in [-0.1, -0.05) is 6.08 Å². The maximum Gasteiger partial charge on any atom is 0.303 e. The SMILES string of the molecule is CO[C@@H]1O[C@H](COC(C)=O)[C@H](OC(C)=O)[C@H](OCC2=CC3C(=O)NC(=O)C3C2=O)[C@H]1OC(C)=O. The lowest BCUT2D eigenvalue weighted by Gasteiger charge is -2.44. The molecule has 2 heterocycles. The van der Waals surface area contributed by atoms with E-state index in [1.807, 2.05) is 0 Å². The fourth-order valence-electron chi connectivity index (χ4n) is 4.10. The first-order chi connectivity index (χ1) is 16.0. The van der Waals surface area contributed by atoms with Crippen molar-refractivity contribution in [1.29, 1.82) is 0 Å². The Bertz CT molecular complexity index is 927. The molecule has 1 N–H and O–H groups in total. The molecule has 0 radical (unpaired) electrons. The standard InChI is InChI=1S/C21H25NO12/c1-8(23)30-7-13-16(32-9(2)24)17(18(33-10(3)25)21(29-4)34-13)31-6-11-5-12-14(15(11)26)20(28)22-19(12)27/h5,12-14,16-18,21H,6-7H2,1-4H3,(H,22,27,28)/t12?,13-,14?,16+,17+,18-,21-/m1/s1. The van der Waals surface area contributed by atoms with E-state index in [1.54, 1.807) is 0 Å². The molecule has 2 aliphatic heterocycles. The Hall–Kier alpha value is -3.16. The van der Waals surface area contributed by atoms with E-state index in [0.29, 0.717) is 0 Å². The molecule has 0 aromatic rings. The van der Waals surface area contributed by atoms with Crippen LogP contribution in [0.2, 0.25) is 0 Å². The molecule has 3 rings (SSSR count). The minimum Gasteiger partial charge on any atom is -0.463 e. The van der Waals surface area contributed by atoms with Crippen molar-refractivity contribution in [2.75, 3.05) is 20.3 Å². The summed E-state index contributed by atoms with van der Waals surface area (Å²) in [5, 5.41) is 2.10. The zero-order chi connectivity index (χ0) is 25.2. The summed E-state index contributed by atoms with van der Waals surface area (Å²) in [6.07, 6.45) is -4.59. The zero-order valence-corrected chi connectivity index (χ0v) is 18.9. The second-order valence-electron chi connectivity index (χ2n) is 7.92. The van der Waals surface area contributed by atoms with Gasteiger partial charge in [-0.3, -0.25) is 34.1 Å². The van der Waals surface area contributed by atoms with E-state index < -0.39 is 78.0 Å². The number of ether oxygens (including phenoxy) is 6. The predicted octanol–water partition coefficient (Wildman–Crippen LogP) is -1.43. The van der Waals surface area contributed by atoms with Crippen molar-refractivity contribution in [2.24, 2.45) is 11.8 Å². The number of amides is 2. The minimum atomic E-state index is -1.23. The van der Waals surface area contributed by atoms with Crippen LogP contribution < -0.4 is 5.32 Å². The van der Waals surface area contributed by atoms with Crippen LogP contribution in [0.25, 0.3) is 0 Å². The molecule has 1 aliphatic carbocycles. The molecule has 13 nitrogen and oxygen atoms in total. The lowest BCUT2D eigenvalue weighted by molar-refractivity contribution is -0.305. The van der Waals surface area contributed by atoms with E-state index in [2.05, 4.69) is 5.32 Å². The number of carbonyl (C=O) groups is 6. The van der Waals surface area contributed by atoms with Crippen molar-refractivity contribution in [3.8, 4) is 0 Å². The third-order valence-corrected chi connectivity index (χ3v) is 5.48. The highest BCUT2D eigenvalue weighted by Gasteiger charge is 2.53. The number of methoxy groups -OCH3 is 1. The van der Waals surface area contributed by atoms with Crippen LogP contribution in [0.4, 0.5) is 0 Å². The second kappa shape index (κ2) is 10.4. The largest absolute Gasteiger partial charge is 0.463 e. The summed E-state index contributed by atoms with van der Waals surface area (Å²) in [5.74, 6) is -5.97. The van der Waals surface area contributed by atoms with Gasteiger partial charge in [-0.25, -0.2) is 0 Å². The summed E-state index contributed by atoms with van der Waals surface area (Å²) in [4.78, 5) is 71.3. The molecule has 0 saturated carbocycles. The fourth-order valence-corrected chi connectivity index (χ4v) is 4.10. The van der Waals surface area contributed by atoms with Crippen molar-refractivity contribution in [3.05, 3.63) is 11.6 Å². The van der Waals surface area contributed by atoms with Crippen LogP contribution >= 0.6 is 0 Å². The maximum atomic E-state index is 12.7. The van der Waals surface area contributed by atoms with Crippen molar-refractivity contribution in [3.63, 3.8) is 0 Å². The number of ketones is 1.